The fourth-order valence-corrected chi connectivity index (χ4v) is 1.95. The van der Waals surface area contributed by atoms with Crippen LogP contribution in [0.15, 0.2) is 22.8 Å². The van der Waals surface area contributed by atoms with Gasteiger partial charge < -0.3 is 9.15 Å². The van der Waals surface area contributed by atoms with E-state index in [1.807, 2.05) is 6.07 Å². The number of hydrogen-bond donors (Lipinski definition) is 0. The summed E-state index contributed by atoms with van der Waals surface area (Å²) in [5.74, 6) is 1.77. The van der Waals surface area contributed by atoms with E-state index in [1.165, 1.54) is 10.9 Å². The molecule has 0 saturated carbocycles. The summed E-state index contributed by atoms with van der Waals surface area (Å²) in [7, 11) is 0. The van der Waals surface area contributed by atoms with Crippen molar-refractivity contribution in [2.45, 2.75) is 0 Å². The molecule has 1 aromatic heterocycles. The van der Waals surface area contributed by atoms with Crippen molar-refractivity contribution >= 4 is 22.8 Å². The fraction of sp³-hybridized carbons (Fsp3) is 0. The Hall–Kier alpha value is -1.70. The first kappa shape index (κ1) is 5.04. The number of benzene rings is 1. The summed E-state index contributed by atoms with van der Waals surface area (Å²) >= 11 is 0. The van der Waals surface area contributed by atoms with E-state index in [1.54, 1.807) is 6.26 Å². The van der Waals surface area contributed by atoms with Crippen molar-refractivity contribution in [2.24, 2.45) is 0 Å². The van der Waals surface area contributed by atoms with Crippen LogP contribution in [-0.2, 0) is 0 Å². The van der Waals surface area contributed by atoms with Gasteiger partial charge in [0.15, 0.2) is 11.3 Å². The van der Waals surface area contributed by atoms with Crippen LogP contribution in [-0.4, -0.2) is 0 Å². The number of ether oxygens (including phenoxy) is 1. The maximum Gasteiger partial charge on any atom is 0.177 e. The van der Waals surface area contributed by atoms with Gasteiger partial charge in [-0.25, -0.2) is 0 Å². The van der Waals surface area contributed by atoms with E-state index < -0.39 is 0 Å². The molecule has 56 valence electrons. The Morgan fingerprint density at radius 1 is 1.17 bits per heavy atom. The van der Waals surface area contributed by atoms with Crippen LogP contribution < -0.4 is 4.74 Å². The van der Waals surface area contributed by atoms with Crippen LogP contribution in [0.1, 0.15) is 11.1 Å². The van der Waals surface area contributed by atoms with E-state index in [0.717, 1.165) is 22.7 Å². The van der Waals surface area contributed by atoms with Crippen LogP contribution in [0.4, 0.5) is 0 Å². The van der Waals surface area contributed by atoms with E-state index in [2.05, 4.69) is 12.1 Å². The van der Waals surface area contributed by atoms with Crippen molar-refractivity contribution in [3.63, 3.8) is 0 Å². The molecule has 1 aliphatic carbocycles. The van der Waals surface area contributed by atoms with Crippen molar-refractivity contribution in [1.82, 2.24) is 0 Å². The van der Waals surface area contributed by atoms with Crippen LogP contribution in [0.5, 0.6) is 5.75 Å². The lowest BCUT2D eigenvalue weighted by Gasteiger charge is -2.07. The second-order valence-electron chi connectivity index (χ2n) is 3.12. The molecule has 2 heterocycles. The first-order valence-electron chi connectivity index (χ1n) is 3.87. The minimum Gasteiger partial charge on any atom is -0.460 e. The summed E-state index contributed by atoms with van der Waals surface area (Å²) in [6.07, 6.45) is 3.82. The van der Waals surface area contributed by atoms with Gasteiger partial charge in [-0.15, -0.1) is 0 Å². The Labute approximate surface area is 68.0 Å². The zero-order chi connectivity index (χ0) is 7.71. The Bertz CT molecular complexity index is 546. The average Bonchev–Trinajstić information content (AvgIpc) is 2.47. The minimum absolute atomic E-state index is 0.843. The second-order valence-corrected chi connectivity index (χ2v) is 3.12. The maximum absolute atomic E-state index is 5.57. The molecule has 2 heteroatoms. The number of furan rings is 1. The van der Waals surface area contributed by atoms with Crippen LogP contribution in [0, 0.1) is 0 Å². The largest absolute Gasteiger partial charge is 0.460 e. The third-order valence-corrected chi connectivity index (χ3v) is 2.49. The zero-order valence-electron chi connectivity index (χ0n) is 6.13. The van der Waals surface area contributed by atoms with E-state index in [0.29, 0.717) is 0 Å². The van der Waals surface area contributed by atoms with Gasteiger partial charge in [0.2, 0.25) is 0 Å². The second kappa shape index (κ2) is 1.29. The predicted molar refractivity (Wildman–Crippen MR) is 44.7 cm³/mol. The third-order valence-electron chi connectivity index (χ3n) is 2.49. The van der Waals surface area contributed by atoms with E-state index >= 15 is 0 Å². The monoisotopic (exact) mass is 156 g/mol. The van der Waals surface area contributed by atoms with Gasteiger partial charge in [-0.3, -0.25) is 0 Å². The van der Waals surface area contributed by atoms with Crippen LogP contribution in [0.25, 0.3) is 22.8 Å². The molecular formula is C10H4O2. The summed E-state index contributed by atoms with van der Waals surface area (Å²) in [6, 6.07) is 4.02. The first-order chi connectivity index (χ1) is 5.93. The molecule has 0 radical (unpaired) electrons. The molecule has 5 bridgehead atoms. The van der Waals surface area contributed by atoms with Gasteiger partial charge in [0.05, 0.1) is 5.56 Å². The number of hydrogen-bond acceptors (Lipinski definition) is 2. The molecule has 0 saturated heterocycles. The summed E-state index contributed by atoms with van der Waals surface area (Å²) in [6.45, 7) is 0. The topological polar surface area (TPSA) is 22.4 Å². The van der Waals surface area contributed by atoms with Crippen molar-refractivity contribution in [3.8, 4) is 5.75 Å². The highest BCUT2D eigenvalue weighted by Crippen LogP contribution is 2.47. The lowest BCUT2D eigenvalue weighted by molar-refractivity contribution is 0.516. The van der Waals surface area contributed by atoms with Gasteiger partial charge in [0.25, 0.3) is 0 Å². The first-order valence-corrected chi connectivity index (χ1v) is 3.87. The highest BCUT2D eigenvalue weighted by Gasteiger charge is 2.28. The summed E-state index contributed by atoms with van der Waals surface area (Å²) in [4.78, 5) is 0. The molecule has 0 spiro atoms. The smallest absolute Gasteiger partial charge is 0.177 e. The van der Waals surface area contributed by atoms with E-state index in [4.69, 9.17) is 9.15 Å². The molecular weight excluding hydrogens is 152 g/mol. The zero-order valence-corrected chi connectivity index (χ0v) is 6.13. The molecule has 0 unspecified atom stereocenters. The van der Waals surface area contributed by atoms with Crippen LogP contribution >= 0.6 is 0 Å². The highest BCUT2D eigenvalue weighted by atomic mass is 16.5. The van der Waals surface area contributed by atoms with Crippen molar-refractivity contribution in [1.29, 1.82) is 0 Å². The summed E-state index contributed by atoms with van der Waals surface area (Å²) < 4.78 is 11.0. The molecule has 1 aliphatic heterocycles. The van der Waals surface area contributed by atoms with Gasteiger partial charge >= 0.3 is 0 Å². The van der Waals surface area contributed by atoms with Crippen molar-refractivity contribution in [2.75, 3.05) is 0 Å². The standard InChI is InChI=1S/C10H4O2/c1-2-7-10-9-5(1)3-8(12-7)6(9)4-11-10/h1-4H. The van der Waals surface area contributed by atoms with Gasteiger partial charge in [0.1, 0.15) is 12.0 Å². The van der Waals surface area contributed by atoms with Crippen molar-refractivity contribution < 1.29 is 9.15 Å². The lowest BCUT2D eigenvalue weighted by Crippen LogP contribution is -1.92. The molecule has 0 amide bonds. The van der Waals surface area contributed by atoms with Gasteiger partial charge in [-0.1, -0.05) is 6.07 Å². The predicted octanol–water partition coefficient (Wildman–Crippen LogP) is 2.64. The van der Waals surface area contributed by atoms with Gasteiger partial charge in [0, 0.05) is 5.39 Å². The Kier molecular flexibility index (Phi) is 0.541. The highest BCUT2D eigenvalue weighted by molar-refractivity contribution is 6.10. The Balaban J connectivity index is 2.54. The molecule has 0 N–H and O–H groups in total. The van der Waals surface area contributed by atoms with E-state index in [9.17, 15) is 0 Å². The normalized spacial score (nSPS) is 15.8. The molecule has 0 atom stereocenters. The maximum atomic E-state index is 5.57. The molecule has 2 nitrogen and oxygen atoms in total. The van der Waals surface area contributed by atoms with Gasteiger partial charge in [-0.2, -0.15) is 0 Å². The quantitative estimate of drug-likeness (QED) is 0.585. The molecule has 2 aliphatic rings. The average molecular weight is 156 g/mol. The van der Waals surface area contributed by atoms with Crippen molar-refractivity contribution in [3.05, 3.63) is 29.5 Å². The number of rotatable bonds is 0. The minimum atomic E-state index is 0.843. The van der Waals surface area contributed by atoms with Gasteiger partial charge in [-0.05, 0) is 17.7 Å². The molecule has 2 aromatic rings. The lowest BCUT2D eigenvalue weighted by atomic mass is 10.1. The molecule has 0 fully saturated rings. The molecule has 4 rings (SSSR count). The van der Waals surface area contributed by atoms with E-state index in [-0.39, 0.29) is 0 Å². The third kappa shape index (κ3) is 0.336. The fourth-order valence-electron chi connectivity index (χ4n) is 1.95. The Morgan fingerprint density at radius 3 is 3.17 bits per heavy atom. The summed E-state index contributed by atoms with van der Waals surface area (Å²) in [5.41, 5.74) is 3.21. The Morgan fingerprint density at radius 2 is 2.17 bits per heavy atom. The SMILES string of the molecule is C1=C2Oc3ccc1c1c2coc31. The van der Waals surface area contributed by atoms with Crippen LogP contribution in [0.3, 0.4) is 0 Å². The molecule has 1 aromatic carbocycles. The summed E-state index contributed by atoms with van der Waals surface area (Å²) in [5, 5.41) is 1.22. The van der Waals surface area contributed by atoms with Crippen LogP contribution in [0.2, 0.25) is 0 Å². The molecule has 12 heavy (non-hydrogen) atoms.